The lowest BCUT2D eigenvalue weighted by Crippen LogP contribution is -2.09. The highest BCUT2D eigenvalue weighted by Gasteiger charge is 2.12. The zero-order valence-corrected chi connectivity index (χ0v) is 11.5. The van der Waals surface area contributed by atoms with E-state index in [2.05, 4.69) is 47.1 Å². The molecular weight excluding hydrogens is 234 g/mol. The Hall–Kier alpha value is -2.16. The second kappa shape index (κ2) is 6.14. The predicted molar refractivity (Wildman–Crippen MR) is 78.7 cm³/mol. The van der Waals surface area contributed by atoms with E-state index in [9.17, 15) is 0 Å². The standard InChI is InChI=1S/C16H19N3/c1-4-6-13(3)14-7-8-15(18-11-14)16(5-2)19-10-9-17-12-19/h4,6-12,16H,1,5H2,2-3H3/b13-6+. The molecule has 3 nitrogen and oxygen atoms in total. The van der Waals surface area contributed by atoms with Crippen molar-refractivity contribution in [2.45, 2.75) is 26.3 Å². The maximum absolute atomic E-state index is 4.59. The Kier molecular flexibility index (Phi) is 4.29. The molecule has 0 amide bonds. The van der Waals surface area contributed by atoms with Crippen LogP contribution in [0.15, 0.2) is 55.8 Å². The third-order valence-electron chi connectivity index (χ3n) is 3.22. The lowest BCUT2D eigenvalue weighted by atomic mass is 10.1. The monoisotopic (exact) mass is 253 g/mol. The van der Waals surface area contributed by atoms with Crippen molar-refractivity contribution < 1.29 is 0 Å². The minimum Gasteiger partial charge on any atom is -0.328 e. The fourth-order valence-electron chi connectivity index (χ4n) is 2.14. The van der Waals surface area contributed by atoms with Crippen LogP contribution in [0.5, 0.6) is 0 Å². The highest BCUT2D eigenvalue weighted by atomic mass is 15.1. The molecule has 1 atom stereocenters. The largest absolute Gasteiger partial charge is 0.328 e. The molecule has 0 bridgehead atoms. The van der Waals surface area contributed by atoms with Crippen LogP contribution >= 0.6 is 0 Å². The lowest BCUT2D eigenvalue weighted by Gasteiger charge is -2.16. The van der Waals surface area contributed by atoms with Gasteiger partial charge in [-0.3, -0.25) is 4.98 Å². The maximum Gasteiger partial charge on any atom is 0.0952 e. The topological polar surface area (TPSA) is 30.7 Å². The number of nitrogens with zero attached hydrogens (tertiary/aromatic N) is 3. The molecule has 2 aromatic rings. The van der Waals surface area contributed by atoms with Crippen molar-refractivity contribution in [3.05, 3.63) is 67.0 Å². The Balaban J connectivity index is 2.27. The first-order valence-corrected chi connectivity index (χ1v) is 6.49. The van der Waals surface area contributed by atoms with Gasteiger partial charge in [0.15, 0.2) is 0 Å². The lowest BCUT2D eigenvalue weighted by molar-refractivity contribution is 0.551. The van der Waals surface area contributed by atoms with E-state index in [0.717, 1.165) is 17.7 Å². The predicted octanol–water partition coefficient (Wildman–Crippen LogP) is 3.87. The molecule has 0 saturated carbocycles. The smallest absolute Gasteiger partial charge is 0.0952 e. The molecule has 98 valence electrons. The first kappa shape index (κ1) is 13.3. The van der Waals surface area contributed by atoms with E-state index in [1.807, 2.05) is 24.8 Å². The molecule has 0 aromatic carbocycles. The molecule has 1 unspecified atom stereocenters. The second-order valence-corrected chi connectivity index (χ2v) is 4.49. The van der Waals surface area contributed by atoms with E-state index in [-0.39, 0.29) is 6.04 Å². The molecule has 2 aromatic heterocycles. The molecule has 0 aliphatic carbocycles. The Labute approximate surface area is 114 Å². The van der Waals surface area contributed by atoms with Gasteiger partial charge >= 0.3 is 0 Å². The third-order valence-corrected chi connectivity index (χ3v) is 3.22. The third kappa shape index (κ3) is 2.99. The normalized spacial score (nSPS) is 13.3. The van der Waals surface area contributed by atoms with Crippen LogP contribution in [0.1, 0.15) is 37.6 Å². The van der Waals surface area contributed by atoms with Gasteiger partial charge in [0.05, 0.1) is 18.1 Å². The van der Waals surface area contributed by atoms with E-state index in [1.54, 1.807) is 12.3 Å². The van der Waals surface area contributed by atoms with Crippen molar-refractivity contribution in [2.24, 2.45) is 0 Å². The van der Waals surface area contributed by atoms with Gasteiger partial charge < -0.3 is 4.57 Å². The summed E-state index contributed by atoms with van der Waals surface area (Å²) >= 11 is 0. The number of hydrogen-bond acceptors (Lipinski definition) is 2. The molecule has 0 N–H and O–H groups in total. The summed E-state index contributed by atoms with van der Waals surface area (Å²) < 4.78 is 2.09. The van der Waals surface area contributed by atoms with Gasteiger partial charge in [-0.1, -0.05) is 31.7 Å². The zero-order chi connectivity index (χ0) is 13.7. The number of hydrogen-bond donors (Lipinski definition) is 0. The highest BCUT2D eigenvalue weighted by Crippen LogP contribution is 2.21. The molecule has 0 radical (unpaired) electrons. The van der Waals surface area contributed by atoms with Gasteiger partial charge in [-0.05, 0) is 30.5 Å². The van der Waals surface area contributed by atoms with Gasteiger partial charge in [-0.2, -0.15) is 0 Å². The summed E-state index contributed by atoms with van der Waals surface area (Å²) in [6, 6.07) is 4.45. The first-order chi connectivity index (χ1) is 9.26. The van der Waals surface area contributed by atoms with Crippen molar-refractivity contribution in [3.63, 3.8) is 0 Å². The van der Waals surface area contributed by atoms with E-state index < -0.39 is 0 Å². The van der Waals surface area contributed by atoms with Gasteiger partial charge in [0.1, 0.15) is 0 Å². The zero-order valence-electron chi connectivity index (χ0n) is 11.5. The number of rotatable bonds is 5. The van der Waals surface area contributed by atoms with Gasteiger partial charge in [-0.15, -0.1) is 0 Å². The molecule has 0 aliphatic heterocycles. The quantitative estimate of drug-likeness (QED) is 0.757. The van der Waals surface area contributed by atoms with E-state index >= 15 is 0 Å². The Morgan fingerprint density at radius 2 is 2.32 bits per heavy atom. The van der Waals surface area contributed by atoms with Crippen molar-refractivity contribution in [3.8, 4) is 0 Å². The van der Waals surface area contributed by atoms with Crippen LogP contribution in [0.4, 0.5) is 0 Å². The summed E-state index contributed by atoms with van der Waals surface area (Å²) in [7, 11) is 0. The van der Waals surface area contributed by atoms with Crippen molar-refractivity contribution in [1.29, 1.82) is 0 Å². The molecule has 2 heterocycles. The van der Waals surface area contributed by atoms with Crippen molar-refractivity contribution in [2.75, 3.05) is 0 Å². The number of allylic oxidation sites excluding steroid dienone is 3. The van der Waals surface area contributed by atoms with Gasteiger partial charge in [-0.25, -0.2) is 4.98 Å². The SMILES string of the molecule is C=C/C=C(\C)c1ccc(C(CC)n2ccnc2)nc1. The van der Waals surface area contributed by atoms with Gasteiger partial charge in [0, 0.05) is 18.6 Å². The Morgan fingerprint density at radius 1 is 1.47 bits per heavy atom. The minimum absolute atomic E-state index is 0.250. The number of aromatic nitrogens is 3. The average Bonchev–Trinajstić information content (AvgIpc) is 2.95. The van der Waals surface area contributed by atoms with E-state index in [1.165, 1.54) is 5.57 Å². The fraction of sp³-hybridized carbons (Fsp3) is 0.250. The highest BCUT2D eigenvalue weighted by molar-refractivity contribution is 5.64. The van der Waals surface area contributed by atoms with Crippen LogP contribution in [-0.2, 0) is 0 Å². The van der Waals surface area contributed by atoms with Crippen molar-refractivity contribution in [1.82, 2.24) is 14.5 Å². The number of imidazole rings is 1. The summed E-state index contributed by atoms with van der Waals surface area (Å²) in [5.74, 6) is 0. The summed E-state index contributed by atoms with van der Waals surface area (Å²) in [5.41, 5.74) is 3.37. The number of pyridine rings is 1. The Bertz CT molecular complexity index is 550. The molecule has 3 heteroatoms. The van der Waals surface area contributed by atoms with Crippen molar-refractivity contribution >= 4 is 5.57 Å². The van der Waals surface area contributed by atoms with Gasteiger partial charge in [0.25, 0.3) is 0 Å². The molecule has 19 heavy (non-hydrogen) atoms. The second-order valence-electron chi connectivity index (χ2n) is 4.49. The fourth-order valence-corrected chi connectivity index (χ4v) is 2.14. The Morgan fingerprint density at radius 3 is 2.84 bits per heavy atom. The first-order valence-electron chi connectivity index (χ1n) is 6.49. The summed E-state index contributed by atoms with van der Waals surface area (Å²) in [4.78, 5) is 8.69. The van der Waals surface area contributed by atoms with Crippen LogP contribution in [0, 0.1) is 0 Å². The molecule has 0 spiro atoms. The van der Waals surface area contributed by atoms with Crippen LogP contribution in [0.25, 0.3) is 5.57 Å². The average molecular weight is 253 g/mol. The summed E-state index contributed by atoms with van der Waals surface area (Å²) in [6.45, 7) is 7.93. The molecule has 2 rings (SSSR count). The van der Waals surface area contributed by atoms with Gasteiger partial charge in [0.2, 0.25) is 0 Å². The van der Waals surface area contributed by atoms with Crippen LogP contribution in [0.3, 0.4) is 0 Å². The molecular formula is C16H19N3. The maximum atomic E-state index is 4.59. The van der Waals surface area contributed by atoms with Crippen LogP contribution < -0.4 is 0 Å². The molecule has 0 saturated heterocycles. The molecule has 0 aliphatic rings. The van der Waals surface area contributed by atoms with E-state index in [0.29, 0.717) is 0 Å². The summed E-state index contributed by atoms with van der Waals surface area (Å²) in [5, 5.41) is 0. The van der Waals surface area contributed by atoms with Crippen LogP contribution in [0.2, 0.25) is 0 Å². The minimum atomic E-state index is 0.250. The van der Waals surface area contributed by atoms with E-state index in [4.69, 9.17) is 0 Å². The molecule has 0 fully saturated rings. The van der Waals surface area contributed by atoms with Crippen LogP contribution in [-0.4, -0.2) is 14.5 Å². The summed E-state index contributed by atoms with van der Waals surface area (Å²) in [6.07, 6.45) is 12.3.